The van der Waals surface area contributed by atoms with E-state index in [1.807, 2.05) is 0 Å². The van der Waals surface area contributed by atoms with Crippen LogP contribution >= 0.6 is 12.4 Å². The minimum atomic E-state index is -3.74. The minimum absolute atomic E-state index is 0. The topological polar surface area (TPSA) is 119 Å². The molecule has 25 heavy (non-hydrogen) atoms. The quantitative estimate of drug-likeness (QED) is 0.684. The Labute approximate surface area is 155 Å². The molecule has 0 aromatic heterocycles. The number of piperidine rings is 1. The van der Waals surface area contributed by atoms with Crippen molar-refractivity contribution in [3.05, 3.63) is 24.3 Å². The Bertz CT molecular complexity index is 768. The molecule has 144 valence electrons. The number of nitrogens with zero attached hydrogens (tertiary/aromatic N) is 1. The predicted octanol–water partition coefficient (Wildman–Crippen LogP) is 0.143. The van der Waals surface area contributed by atoms with Gasteiger partial charge in [-0.1, -0.05) is 0 Å². The number of nitrogens with one attached hydrogen (secondary N) is 1. The van der Waals surface area contributed by atoms with Gasteiger partial charge in [-0.2, -0.15) is 4.31 Å². The van der Waals surface area contributed by atoms with Gasteiger partial charge >= 0.3 is 0 Å². The summed E-state index contributed by atoms with van der Waals surface area (Å²) in [5.74, 6) is 0. The molecule has 1 aliphatic rings. The number of hydrogen-bond donors (Lipinski definition) is 2. The van der Waals surface area contributed by atoms with Crippen LogP contribution in [0.4, 0.5) is 0 Å². The fourth-order valence-corrected chi connectivity index (χ4v) is 5.17. The van der Waals surface area contributed by atoms with Crippen LogP contribution in [0.3, 0.4) is 0 Å². The maximum atomic E-state index is 12.8. The summed E-state index contributed by atoms with van der Waals surface area (Å²) in [7, 11) is -4.45. The van der Waals surface area contributed by atoms with E-state index in [1.54, 1.807) is 7.11 Å². The number of sulfonamides is 2. The first-order valence-corrected chi connectivity index (χ1v) is 10.5. The van der Waals surface area contributed by atoms with Gasteiger partial charge in [0.05, 0.1) is 15.9 Å². The molecule has 3 N–H and O–H groups in total. The van der Waals surface area contributed by atoms with E-state index >= 15 is 0 Å². The molecule has 0 aliphatic carbocycles. The van der Waals surface area contributed by atoms with E-state index < -0.39 is 20.0 Å². The van der Waals surface area contributed by atoms with E-state index in [0.717, 1.165) is 0 Å². The van der Waals surface area contributed by atoms with Crippen molar-refractivity contribution in [3.63, 3.8) is 0 Å². The molecule has 0 spiro atoms. The molecule has 2 atom stereocenters. The van der Waals surface area contributed by atoms with E-state index in [2.05, 4.69) is 4.72 Å². The van der Waals surface area contributed by atoms with Gasteiger partial charge < -0.3 is 10.5 Å². The Morgan fingerprint density at radius 2 is 1.76 bits per heavy atom. The zero-order valence-electron chi connectivity index (χ0n) is 14.1. The first-order valence-electron chi connectivity index (χ1n) is 7.54. The first kappa shape index (κ1) is 22.3. The lowest BCUT2D eigenvalue weighted by Crippen LogP contribution is -2.51. The second-order valence-electron chi connectivity index (χ2n) is 5.57. The van der Waals surface area contributed by atoms with Crippen molar-refractivity contribution in [2.24, 2.45) is 5.73 Å². The van der Waals surface area contributed by atoms with E-state index in [0.29, 0.717) is 19.4 Å². The number of rotatable bonds is 6. The molecule has 0 saturated carbocycles. The Kier molecular flexibility index (Phi) is 7.81. The SMILES string of the molecule is CNS(=O)(=O)c1ccc(S(=O)(=O)N2CCC(OC)CC2CN)cc1.Cl. The van der Waals surface area contributed by atoms with Gasteiger partial charge in [-0.15, -0.1) is 12.4 Å². The van der Waals surface area contributed by atoms with Crippen molar-refractivity contribution < 1.29 is 21.6 Å². The molecule has 1 fully saturated rings. The summed E-state index contributed by atoms with van der Waals surface area (Å²) < 4.78 is 58.0. The van der Waals surface area contributed by atoms with Crippen LogP contribution in [0.25, 0.3) is 0 Å². The zero-order chi connectivity index (χ0) is 18.0. The Morgan fingerprint density at radius 3 is 2.24 bits per heavy atom. The highest BCUT2D eigenvalue weighted by Crippen LogP contribution is 2.26. The average Bonchev–Trinajstić information content (AvgIpc) is 2.61. The van der Waals surface area contributed by atoms with Gasteiger partial charge in [0.1, 0.15) is 0 Å². The summed E-state index contributed by atoms with van der Waals surface area (Å²) in [6.07, 6.45) is 1.13. The Balaban J connectivity index is 0.00000312. The van der Waals surface area contributed by atoms with E-state index in [4.69, 9.17) is 10.5 Å². The van der Waals surface area contributed by atoms with Crippen LogP contribution in [-0.2, 0) is 24.8 Å². The fraction of sp³-hybridized carbons (Fsp3) is 0.571. The van der Waals surface area contributed by atoms with E-state index in [1.165, 1.54) is 35.6 Å². The summed E-state index contributed by atoms with van der Waals surface area (Å²) in [4.78, 5) is 0.0595. The lowest BCUT2D eigenvalue weighted by atomic mass is 10.0. The second kappa shape index (κ2) is 8.76. The van der Waals surface area contributed by atoms with Crippen LogP contribution in [0.5, 0.6) is 0 Å². The molecule has 8 nitrogen and oxygen atoms in total. The average molecular weight is 414 g/mol. The third kappa shape index (κ3) is 4.70. The van der Waals surface area contributed by atoms with Crippen LogP contribution in [0.1, 0.15) is 12.8 Å². The Morgan fingerprint density at radius 1 is 1.20 bits per heavy atom. The summed E-state index contributed by atoms with van der Waals surface area (Å²) >= 11 is 0. The minimum Gasteiger partial charge on any atom is -0.381 e. The van der Waals surface area contributed by atoms with Crippen molar-refractivity contribution in [1.82, 2.24) is 9.03 Å². The molecule has 0 radical (unpaired) electrons. The molecule has 1 aliphatic heterocycles. The molecule has 2 rings (SSSR count). The van der Waals surface area contributed by atoms with Crippen molar-refractivity contribution in [3.8, 4) is 0 Å². The van der Waals surface area contributed by atoms with Crippen molar-refractivity contribution in [1.29, 1.82) is 0 Å². The van der Waals surface area contributed by atoms with Crippen LogP contribution < -0.4 is 10.5 Å². The highest BCUT2D eigenvalue weighted by atomic mass is 35.5. The maximum absolute atomic E-state index is 12.8. The van der Waals surface area contributed by atoms with E-state index in [-0.39, 0.29) is 40.9 Å². The van der Waals surface area contributed by atoms with Crippen LogP contribution in [-0.4, -0.2) is 60.5 Å². The summed E-state index contributed by atoms with van der Waals surface area (Å²) in [5, 5.41) is 0. The molecular weight excluding hydrogens is 390 g/mol. The van der Waals surface area contributed by atoms with E-state index in [9.17, 15) is 16.8 Å². The highest BCUT2D eigenvalue weighted by Gasteiger charge is 2.36. The predicted molar refractivity (Wildman–Crippen MR) is 96.7 cm³/mol. The molecule has 1 saturated heterocycles. The standard InChI is InChI=1S/C14H23N3O5S2.ClH/c1-16-23(18,19)13-3-5-14(6-4-13)24(20,21)17-8-7-12(22-2)9-11(17)10-15;/h3-6,11-12,16H,7-10,15H2,1-2H3;1H. The lowest BCUT2D eigenvalue weighted by Gasteiger charge is -2.37. The molecule has 11 heteroatoms. The summed E-state index contributed by atoms with van der Waals surface area (Å²) in [5.41, 5.74) is 5.74. The fourth-order valence-electron chi connectivity index (χ4n) is 2.78. The van der Waals surface area contributed by atoms with Gasteiger partial charge in [-0.25, -0.2) is 21.6 Å². The van der Waals surface area contributed by atoms with Crippen LogP contribution in [0, 0.1) is 0 Å². The Hall–Kier alpha value is -0.750. The molecule has 2 unspecified atom stereocenters. The van der Waals surface area contributed by atoms with Crippen molar-refractivity contribution in [2.45, 2.75) is 34.8 Å². The van der Waals surface area contributed by atoms with Gasteiger partial charge in [0, 0.05) is 26.2 Å². The molecule has 1 aromatic carbocycles. The number of halogens is 1. The van der Waals surface area contributed by atoms with Crippen molar-refractivity contribution in [2.75, 3.05) is 27.2 Å². The maximum Gasteiger partial charge on any atom is 0.243 e. The normalized spacial score (nSPS) is 22.4. The number of hydrogen-bond acceptors (Lipinski definition) is 6. The van der Waals surface area contributed by atoms with Gasteiger partial charge in [-0.05, 0) is 44.2 Å². The number of benzene rings is 1. The third-order valence-corrected chi connectivity index (χ3v) is 7.62. The monoisotopic (exact) mass is 413 g/mol. The highest BCUT2D eigenvalue weighted by molar-refractivity contribution is 7.89. The number of ether oxygens (including phenoxy) is 1. The lowest BCUT2D eigenvalue weighted by molar-refractivity contribution is 0.0401. The van der Waals surface area contributed by atoms with Gasteiger partial charge in [0.2, 0.25) is 20.0 Å². The molecule has 0 bridgehead atoms. The summed E-state index contributed by atoms with van der Waals surface area (Å²) in [6.45, 7) is 0.518. The van der Waals surface area contributed by atoms with Crippen LogP contribution in [0.15, 0.2) is 34.1 Å². The second-order valence-corrected chi connectivity index (χ2v) is 9.34. The van der Waals surface area contributed by atoms with Crippen LogP contribution in [0.2, 0.25) is 0 Å². The number of methoxy groups -OCH3 is 1. The van der Waals surface area contributed by atoms with Gasteiger partial charge in [-0.3, -0.25) is 0 Å². The third-order valence-electron chi connectivity index (χ3n) is 4.23. The first-order chi connectivity index (χ1) is 11.3. The smallest absolute Gasteiger partial charge is 0.243 e. The number of nitrogens with two attached hydrogens (primary N) is 1. The largest absolute Gasteiger partial charge is 0.381 e. The summed E-state index contributed by atoms with van der Waals surface area (Å²) in [6, 6.07) is 4.82. The molecule has 0 amide bonds. The van der Waals surface area contributed by atoms with Crippen molar-refractivity contribution >= 4 is 32.5 Å². The molecular formula is C14H24ClN3O5S2. The molecule has 1 heterocycles. The zero-order valence-corrected chi connectivity index (χ0v) is 16.5. The van der Waals surface area contributed by atoms with Gasteiger partial charge in [0.15, 0.2) is 0 Å². The van der Waals surface area contributed by atoms with Gasteiger partial charge in [0.25, 0.3) is 0 Å². The molecule has 1 aromatic rings.